The van der Waals surface area contributed by atoms with Crippen LogP contribution in [0.5, 0.6) is 0 Å². The lowest BCUT2D eigenvalue weighted by Gasteiger charge is -2.10. The highest BCUT2D eigenvalue weighted by Crippen LogP contribution is 2.55. The molecular formula is C34H14N4. The Morgan fingerprint density at radius 1 is 0.421 bits per heavy atom. The van der Waals surface area contributed by atoms with Crippen LogP contribution in [0.1, 0.15) is 22.3 Å². The van der Waals surface area contributed by atoms with Gasteiger partial charge in [0.15, 0.2) is 0 Å². The van der Waals surface area contributed by atoms with Crippen molar-refractivity contribution in [3.05, 3.63) is 118 Å². The predicted molar refractivity (Wildman–Crippen MR) is 147 cm³/mol. The first kappa shape index (κ1) is 21.4. The van der Waals surface area contributed by atoms with Crippen molar-refractivity contribution in [2.45, 2.75) is 0 Å². The third-order valence-corrected chi connectivity index (χ3v) is 7.58. The van der Waals surface area contributed by atoms with Gasteiger partial charge in [0, 0.05) is 11.1 Å². The number of allylic oxidation sites excluding steroid dienone is 2. The topological polar surface area (TPSA) is 95.2 Å². The number of benzene rings is 5. The first-order valence-corrected chi connectivity index (χ1v) is 12.0. The van der Waals surface area contributed by atoms with E-state index in [2.05, 4.69) is 54.6 Å². The fraction of sp³-hybridized carbons (Fsp3) is 0. The molecule has 0 bridgehead atoms. The first-order valence-electron chi connectivity index (χ1n) is 12.0. The summed E-state index contributed by atoms with van der Waals surface area (Å²) >= 11 is 0. The van der Waals surface area contributed by atoms with E-state index in [4.69, 9.17) is 0 Å². The number of rotatable bonds is 0. The Hall–Kier alpha value is -5.94. The normalized spacial score (nSPS) is 12.0. The van der Waals surface area contributed by atoms with E-state index >= 15 is 0 Å². The van der Waals surface area contributed by atoms with Crippen LogP contribution >= 0.6 is 0 Å². The second kappa shape index (κ2) is 7.78. The second-order valence-corrected chi connectivity index (χ2v) is 9.31. The maximum absolute atomic E-state index is 9.90. The quantitative estimate of drug-likeness (QED) is 0.209. The average Bonchev–Trinajstić information content (AvgIpc) is 3.46. The van der Waals surface area contributed by atoms with Crippen molar-refractivity contribution >= 4 is 32.7 Å². The molecule has 0 amide bonds. The lowest BCUT2D eigenvalue weighted by molar-refractivity contribution is 1.45. The fourth-order valence-corrected chi connectivity index (χ4v) is 6.07. The molecule has 0 saturated carbocycles. The zero-order chi connectivity index (χ0) is 26.0. The molecule has 4 heteroatoms. The summed E-state index contributed by atoms with van der Waals surface area (Å²) in [6.07, 6.45) is 0. The Morgan fingerprint density at radius 2 is 0.816 bits per heavy atom. The summed E-state index contributed by atoms with van der Waals surface area (Å²) in [5, 5.41) is 43.8. The van der Waals surface area contributed by atoms with E-state index in [1.807, 2.05) is 54.6 Å². The van der Waals surface area contributed by atoms with Crippen LogP contribution in [0.15, 0.2) is 96.1 Å². The molecule has 0 heterocycles. The van der Waals surface area contributed by atoms with Gasteiger partial charge in [0.2, 0.25) is 0 Å². The van der Waals surface area contributed by atoms with Gasteiger partial charge in [0.25, 0.3) is 0 Å². The monoisotopic (exact) mass is 478 g/mol. The lowest BCUT2D eigenvalue weighted by atomic mass is 9.92. The minimum Gasteiger partial charge on any atom is -0.192 e. The Morgan fingerprint density at radius 3 is 1.24 bits per heavy atom. The van der Waals surface area contributed by atoms with Gasteiger partial charge < -0.3 is 0 Å². The highest BCUT2D eigenvalue weighted by atomic mass is 14.4. The number of nitriles is 4. The minimum atomic E-state index is 0.0347. The number of hydrogen-bond donors (Lipinski definition) is 0. The number of fused-ring (bicyclic) bond motifs is 10. The molecule has 0 unspecified atom stereocenters. The van der Waals surface area contributed by atoms with E-state index in [0.717, 1.165) is 66.1 Å². The lowest BCUT2D eigenvalue weighted by Crippen LogP contribution is -1.91. The molecule has 0 atom stereocenters. The van der Waals surface area contributed by atoms with E-state index in [-0.39, 0.29) is 11.1 Å². The van der Waals surface area contributed by atoms with Crippen molar-refractivity contribution < 1.29 is 0 Å². The van der Waals surface area contributed by atoms with Gasteiger partial charge in [-0.3, -0.25) is 0 Å². The summed E-state index contributed by atoms with van der Waals surface area (Å²) in [5.41, 5.74) is 8.28. The molecule has 38 heavy (non-hydrogen) atoms. The average molecular weight is 479 g/mol. The summed E-state index contributed by atoms with van der Waals surface area (Å²) in [4.78, 5) is 0. The third-order valence-electron chi connectivity index (χ3n) is 7.58. The highest BCUT2D eigenvalue weighted by Gasteiger charge is 2.34. The maximum atomic E-state index is 9.90. The number of hydrogen-bond acceptors (Lipinski definition) is 4. The Kier molecular flexibility index (Phi) is 4.37. The summed E-state index contributed by atoms with van der Waals surface area (Å²) in [6.45, 7) is 0. The molecule has 0 aliphatic heterocycles. The third kappa shape index (κ3) is 2.64. The van der Waals surface area contributed by atoms with Gasteiger partial charge in [-0.1, -0.05) is 72.8 Å². The summed E-state index contributed by atoms with van der Waals surface area (Å²) in [6, 6.07) is 36.6. The van der Waals surface area contributed by atoms with Gasteiger partial charge >= 0.3 is 0 Å². The zero-order valence-corrected chi connectivity index (χ0v) is 19.9. The highest BCUT2D eigenvalue weighted by molar-refractivity contribution is 6.18. The van der Waals surface area contributed by atoms with Gasteiger partial charge in [0.1, 0.15) is 35.4 Å². The van der Waals surface area contributed by atoms with Crippen molar-refractivity contribution in [3.8, 4) is 46.5 Å². The van der Waals surface area contributed by atoms with Crippen LogP contribution in [-0.2, 0) is 0 Å². The van der Waals surface area contributed by atoms with Crippen LogP contribution in [0.2, 0.25) is 0 Å². The van der Waals surface area contributed by atoms with Gasteiger partial charge in [0.05, 0.1) is 0 Å². The summed E-state index contributed by atoms with van der Waals surface area (Å²) < 4.78 is 0. The van der Waals surface area contributed by atoms with Crippen LogP contribution in [0.4, 0.5) is 0 Å². The van der Waals surface area contributed by atoms with Crippen molar-refractivity contribution in [3.63, 3.8) is 0 Å². The van der Waals surface area contributed by atoms with E-state index in [1.54, 1.807) is 0 Å². The molecule has 5 aromatic rings. The first-order chi connectivity index (χ1) is 18.7. The molecule has 5 aromatic carbocycles. The Balaban J connectivity index is 1.70. The maximum Gasteiger partial charge on any atom is 0.138 e. The van der Waals surface area contributed by atoms with Crippen LogP contribution in [0.25, 0.3) is 54.9 Å². The molecule has 0 N–H and O–H groups in total. The van der Waals surface area contributed by atoms with Gasteiger partial charge in [-0.2, -0.15) is 21.0 Å². The molecule has 0 radical (unpaired) electrons. The van der Waals surface area contributed by atoms with Crippen molar-refractivity contribution in [2.75, 3.05) is 0 Å². The molecule has 2 aliphatic rings. The van der Waals surface area contributed by atoms with Crippen LogP contribution in [-0.4, -0.2) is 0 Å². The van der Waals surface area contributed by atoms with Gasteiger partial charge in [-0.25, -0.2) is 0 Å². The Bertz CT molecular complexity index is 1980. The number of nitrogens with zero attached hydrogens (tertiary/aromatic N) is 4. The van der Waals surface area contributed by atoms with E-state index in [1.165, 1.54) is 0 Å². The molecule has 0 saturated heterocycles. The zero-order valence-electron chi connectivity index (χ0n) is 19.9. The largest absolute Gasteiger partial charge is 0.192 e. The molecule has 7 rings (SSSR count). The standard InChI is InChI=1S/C34H14N4/c35-15-21(16-36)31-25-11-9-19-5-1-3-7-23(19)33(25)29-14-30-28(13-27(29)31)32(22(17-37)18-38)26-12-10-20-6-2-4-8-24(20)34(26)30/h1-14H. The van der Waals surface area contributed by atoms with Crippen molar-refractivity contribution in [1.29, 1.82) is 21.0 Å². The van der Waals surface area contributed by atoms with Crippen LogP contribution in [0.3, 0.4) is 0 Å². The molecule has 0 fully saturated rings. The summed E-state index contributed by atoms with van der Waals surface area (Å²) in [7, 11) is 0. The second-order valence-electron chi connectivity index (χ2n) is 9.31. The minimum absolute atomic E-state index is 0.0347. The molecule has 0 aromatic heterocycles. The Labute approximate surface area is 218 Å². The molecule has 4 nitrogen and oxygen atoms in total. The van der Waals surface area contributed by atoms with Crippen molar-refractivity contribution in [2.24, 2.45) is 0 Å². The van der Waals surface area contributed by atoms with Crippen molar-refractivity contribution in [1.82, 2.24) is 0 Å². The van der Waals surface area contributed by atoms with E-state index < -0.39 is 0 Å². The van der Waals surface area contributed by atoms with E-state index in [9.17, 15) is 21.0 Å². The SMILES string of the molecule is N#CC(C#N)=C1c2cc3c(cc2-c2c1ccc1ccccc21)-c1c(ccc2ccccc12)C3=C(C#N)C#N. The fourth-order valence-electron chi connectivity index (χ4n) is 6.07. The molecule has 0 spiro atoms. The smallest absolute Gasteiger partial charge is 0.138 e. The predicted octanol–water partition coefficient (Wildman–Crippen LogP) is 7.65. The van der Waals surface area contributed by atoms with Crippen LogP contribution < -0.4 is 0 Å². The van der Waals surface area contributed by atoms with Gasteiger partial charge in [-0.05, 0) is 78.2 Å². The molecule has 170 valence electrons. The molecular weight excluding hydrogens is 464 g/mol. The summed E-state index contributed by atoms with van der Waals surface area (Å²) in [5.74, 6) is 0. The van der Waals surface area contributed by atoms with Gasteiger partial charge in [-0.15, -0.1) is 0 Å². The molecule has 2 aliphatic carbocycles. The van der Waals surface area contributed by atoms with Crippen LogP contribution in [0, 0.1) is 45.3 Å². The van der Waals surface area contributed by atoms with E-state index in [0.29, 0.717) is 11.1 Å².